The maximum Gasteiger partial charge on any atom is 0.142 e. The molecule has 1 aromatic rings. The molecule has 1 atom stereocenters. The van der Waals surface area contributed by atoms with Gasteiger partial charge in [-0.1, -0.05) is 0 Å². The van der Waals surface area contributed by atoms with Gasteiger partial charge < -0.3 is 5.32 Å². The summed E-state index contributed by atoms with van der Waals surface area (Å²) in [7, 11) is 2.12. The van der Waals surface area contributed by atoms with Crippen LogP contribution in [-0.2, 0) is 6.54 Å². The Hall–Kier alpha value is -1.00. The van der Waals surface area contributed by atoms with Gasteiger partial charge in [0, 0.05) is 25.0 Å². The molecule has 1 fully saturated rings. The predicted octanol–water partition coefficient (Wildman–Crippen LogP) is 0.660. The van der Waals surface area contributed by atoms with Crippen LogP contribution in [0.2, 0.25) is 0 Å². The summed E-state index contributed by atoms with van der Waals surface area (Å²) in [6.07, 6.45) is 6.19. The first-order valence-electron chi connectivity index (χ1n) is 5.52. The topological polar surface area (TPSA) is 41.1 Å². The van der Waals surface area contributed by atoms with Crippen LogP contribution in [0, 0.1) is 0 Å². The van der Waals surface area contributed by atoms with Crippen LogP contribution in [0.15, 0.2) is 18.5 Å². The lowest BCUT2D eigenvalue weighted by molar-refractivity contribution is 0.286. The molecule has 4 heteroatoms. The zero-order valence-corrected chi connectivity index (χ0v) is 9.19. The van der Waals surface area contributed by atoms with E-state index in [0.717, 1.165) is 18.9 Å². The molecule has 0 spiro atoms. The molecule has 1 aliphatic heterocycles. The molecule has 0 aliphatic carbocycles. The van der Waals surface area contributed by atoms with E-state index in [4.69, 9.17) is 0 Å². The molecule has 1 N–H and O–H groups in total. The van der Waals surface area contributed by atoms with Crippen LogP contribution in [-0.4, -0.2) is 41.0 Å². The standard InChI is InChI=1S/C11H18N4/c1-15(8-10-4-2-5-12-10)9-11-13-6-3-7-14-11/h3,6-7,10,12H,2,4-5,8-9H2,1H3. The minimum absolute atomic E-state index is 0.652. The summed E-state index contributed by atoms with van der Waals surface area (Å²) < 4.78 is 0. The molecule has 0 aromatic carbocycles. The average Bonchev–Trinajstić information content (AvgIpc) is 2.71. The number of hydrogen-bond donors (Lipinski definition) is 1. The van der Waals surface area contributed by atoms with Crippen LogP contribution in [0.4, 0.5) is 0 Å². The molecule has 82 valence electrons. The Morgan fingerprint density at radius 3 is 2.93 bits per heavy atom. The van der Waals surface area contributed by atoms with Crippen molar-refractivity contribution in [3.63, 3.8) is 0 Å². The minimum atomic E-state index is 0.652. The number of likely N-dealkylation sites (N-methyl/N-ethyl adjacent to an activating group) is 1. The van der Waals surface area contributed by atoms with E-state index in [9.17, 15) is 0 Å². The lowest BCUT2D eigenvalue weighted by Gasteiger charge is -2.19. The molecule has 1 saturated heterocycles. The molecule has 0 saturated carbocycles. The van der Waals surface area contributed by atoms with Gasteiger partial charge in [-0.25, -0.2) is 9.97 Å². The SMILES string of the molecule is CN(Cc1ncccn1)CC1CCCN1. The van der Waals surface area contributed by atoms with Crippen molar-refractivity contribution in [2.45, 2.75) is 25.4 Å². The van der Waals surface area contributed by atoms with Crippen molar-refractivity contribution < 1.29 is 0 Å². The van der Waals surface area contributed by atoms with Crippen LogP contribution in [0.1, 0.15) is 18.7 Å². The number of nitrogens with zero attached hydrogens (tertiary/aromatic N) is 3. The Kier molecular flexibility index (Phi) is 3.64. The highest BCUT2D eigenvalue weighted by Gasteiger charge is 2.16. The Morgan fingerprint density at radius 1 is 1.47 bits per heavy atom. The molecule has 0 radical (unpaired) electrons. The smallest absolute Gasteiger partial charge is 0.142 e. The van der Waals surface area contributed by atoms with Gasteiger partial charge in [-0.15, -0.1) is 0 Å². The zero-order valence-electron chi connectivity index (χ0n) is 9.19. The van der Waals surface area contributed by atoms with Gasteiger partial charge >= 0.3 is 0 Å². The Balaban J connectivity index is 1.79. The van der Waals surface area contributed by atoms with E-state index < -0.39 is 0 Å². The van der Waals surface area contributed by atoms with Crippen molar-refractivity contribution in [3.05, 3.63) is 24.3 Å². The third-order valence-electron chi connectivity index (χ3n) is 2.73. The molecular formula is C11H18N4. The summed E-state index contributed by atoms with van der Waals surface area (Å²) >= 11 is 0. The molecule has 15 heavy (non-hydrogen) atoms. The Labute approximate surface area is 90.7 Å². The van der Waals surface area contributed by atoms with Gasteiger partial charge in [0.1, 0.15) is 5.82 Å². The normalized spacial score (nSPS) is 21.1. The fourth-order valence-electron chi connectivity index (χ4n) is 2.01. The monoisotopic (exact) mass is 206 g/mol. The highest BCUT2D eigenvalue weighted by molar-refractivity contribution is 4.88. The van der Waals surface area contributed by atoms with Crippen molar-refractivity contribution in [2.24, 2.45) is 0 Å². The molecule has 2 rings (SSSR count). The summed E-state index contributed by atoms with van der Waals surface area (Å²) in [6, 6.07) is 2.50. The lowest BCUT2D eigenvalue weighted by Crippen LogP contribution is -2.35. The van der Waals surface area contributed by atoms with Crippen molar-refractivity contribution in [3.8, 4) is 0 Å². The Morgan fingerprint density at radius 2 is 2.27 bits per heavy atom. The molecular weight excluding hydrogens is 188 g/mol. The van der Waals surface area contributed by atoms with E-state index in [0.29, 0.717) is 6.04 Å². The first-order valence-corrected chi connectivity index (χ1v) is 5.52. The van der Waals surface area contributed by atoms with E-state index in [-0.39, 0.29) is 0 Å². The summed E-state index contributed by atoms with van der Waals surface area (Å²) in [5.41, 5.74) is 0. The van der Waals surface area contributed by atoms with Crippen LogP contribution < -0.4 is 5.32 Å². The van der Waals surface area contributed by atoms with Gasteiger partial charge in [-0.2, -0.15) is 0 Å². The highest BCUT2D eigenvalue weighted by atomic mass is 15.1. The molecule has 2 heterocycles. The number of rotatable bonds is 4. The first-order chi connectivity index (χ1) is 7.34. The molecule has 0 amide bonds. The van der Waals surface area contributed by atoms with E-state index in [2.05, 4.69) is 27.2 Å². The van der Waals surface area contributed by atoms with E-state index >= 15 is 0 Å². The van der Waals surface area contributed by atoms with Gasteiger partial charge in [-0.3, -0.25) is 4.90 Å². The van der Waals surface area contributed by atoms with Crippen LogP contribution in [0.25, 0.3) is 0 Å². The van der Waals surface area contributed by atoms with E-state index in [1.165, 1.54) is 19.4 Å². The summed E-state index contributed by atoms with van der Waals surface area (Å²) in [5, 5.41) is 3.49. The van der Waals surface area contributed by atoms with Crippen LogP contribution >= 0.6 is 0 Å². The summed E-state index contributed by atoms with van der Waals surface area (Å²) in [6.45, 7) is 3.08. The Bertz CT molecular complexity index is 282. The quantitative estimate of drug-likeness (QED) is 0.786. The zero-order chi connectivity index (χ0) is 10.5. The second-order valence-electron chi connectivity index (χ2n) is 4.16. The predicted molar refractivity (Wildman–Crippen MR) is 59.4 cm³/mol. The van der Waals surface area contributed by atoms with Crippen LogP contribution in [0.3, 0.4) is 0 Å². The first kappa shape index (κ1) is 10.5. The average molecular weight is 206 g/mol. The molecule has 0 bridgehead atoms. The van der Waals surface area contributed by atoms with E-state index in [1.54, 1.807) is 12.4 Å². The third-order valence-corrected chi connectivity index (χ3v) is 2.73. The number of nitrogens with one attached hydrogen (secondary N) is 1. The van der Waals surface area contributed by atoms with Crippen LogP contribution in [0.5, 0.6) is 0 Å². The fourth-order valence-corrected chi connectivity index (χ4v) is 2.01. The van der Waals surface area contributed by atoms with Crippen molar-refractivity contribution in [1.29, 1.82) is 0 Å². The molecule has 1 unspecified atom stereocenters. The second kappa shape index (κ2) is 5.19. The molecule has 1 aliphatic rings. The summed E-state index contributed by atoms with van der Waals surface area (Å²) in [4.78, 5) is 10.7. The number of aromatic nitrogens is 2. The maximum absolute atomic E-state index is 4.22. The minimum Gasteiger partial charge on any atom is -0.313 e. The van der Waals surface area contributed by atoms with Crippen molar-refractivity contribution >= 4 is 0 Å². The van der Waals surface area contributed by atoms with Crippen molar-refractivity contribution in [1.82, 2.24) is 20.2 Å². The molecule has 4 nitrogen and oxygen atoms in total. The maximum atomic E-state index is 4.22. The molecule has 1 aromatic heterocycles. The number of hydrogen-bond acceptors (Lipinski definition) is 4. The van der Waals surface area contributed by atoms with Gasteiger partial charge in [0.25, 0.3) is 0 Å². The summed E-state index contributed by atoms with van der Waals surface area (Å²) in [5.74, 6) is 0.901. The van der Waals surface area contributed by atoms with E-state index in [1.807, 2.05) is 6.07 Å². The fraction of sp³-hybridized carbons (Fsp3) is 0.636. The third kappa shape index (κ3) is 3.25. The van der Waals surface area contributed by atoms with Gasteiger partial charge in [0.2, 0.25) is 0 Å². The van der Waals surface area contributed by atoms with Gasteiger partial charge in [0.05, 0.1) is 6.54 Å². The van der Waals surface area contributed by atoms with Crippen molar-refractivity contribution in [2.75, 3.05) is 20.1 Å². The second-order valence-corrected chi connectivity index (χ2v) is 4.16. The largest absolute Gasteiger partial charge is 0.313 e. The van der Waals surface area contributed by atoms with Gasteiger partial charge in [0.15, 0.2) is 0 Å². The van der Waals surface area contributed by atoms with Gasteiger partial charge in [-0.05, 0) is 32.5 Å². The lowest BCUT2D eigenvalue weighted by atomic mass is 10.2. The highest BCUT2D eigenvalue weighted by Crippen LogP contribution is 2.07.